The molecule has 0 radical (unpaired) electrons. The van der Waals surface area contributed by atoms with Crippen LogP contribution in [0, 0.1) is 0 Å². The van der Waals surface area contributed by atoms with Gasteiger partial charge in [0.15, 0.2) is 0 Å². The first kappa shape index (κ1) is 20.0. The van der Waals surface area contributed by atoms with E-state index < -0.39 is 11.7 Å². The molecule has 29 heavy (non-hydrogen) atoms. The molecule has 1 aliphatic heterocycles. The Morgan fingerprint density at radius 2 is 1.83 bits per heavy atom. The molecule has 3 aromatic rings. The molecule has 4 rings (SSSR count). The second-order valence-electron chi connectivity index (χ2n) is 7.61. The van der Waals surface area contributed by atoms with Gasteiger partial charge in [0.05, 0.1) is 5.56 Å². The van der Waals surface area contributed by atoms with Crippen LogP contribution in [0.3, 0.4) is 0 Å². The van der Waals surface area contributed by atoms with Crippen molar-refractivity contribution in [1.29, 1.82) is 0 Å². The molecule has 0 saturated heterocycles. The molecule has 1 N–H and O–H groups in total. The second kappa shape index (κ2) is 7.84. The summed E-state index contributed by atoms with van der Waals surface area (Å²) in [5, 5.41) is 9.80. The number of rotatable bonds is 3. The normalized spacial score (nSPS) is 17.7. The average molecular weight is 417 g/mol. The van der Waals surface area contributed by atoms with Gasteiger partial charge in [-0.1, -0.05) is 25.1 Å². The van der Waals surface area contributed by atoms with E-state index in [1.54, 1.807) is 17.4 Å². The molecule has 152 valence electrons. The third kappa shape index (κ3) is 4.49. The van der Waals surface area contributed by atoms with Gasteiger partial charge in [-0.25, -0.2) is 0 Å². The number of alkyl halides is 3. The van der Waals surface area contributed by atoms with Gasteiger partial charge in [-0.3, -0.25) is 4.90 Å². The third-order valence-electron chi connectivity index (χ3n) is 5.43. The van der Waals surface area contributed by atoms with Crippen LogP contribution in [0.4, 0.5) is 13.2 Å². The van der Waals surface area contributed by atoms with Gasteiger partial charge in [0.1, 0.15) is 5.75 Å². The fourth-order valence-corrected chi connectivity index (χ4v) is 4.99. The van der Waals surface area contributed by atoms with Crippen molar-refractivity contribution in [1.82, 2.24) is 4.90 Å². The summed E-state index contributed by atoms with van der Waals surface area (Å²) in [6.45, 7) is 4.84. The number of phenolic OH excluding ortho intramolecular Hbond substituents is 1. The summed E-state index contributed by atoms with van der Waals surface area (Å²) < 4.78 is 38.3. The molecule has 2 heterocycles. The van der Waals surface area contributed by atoms with Crippen molar-refractivity contribution >= 4 is 11.3 Å². The van der Waals surface area contributed by atoms with Crippen LogP contribution in [0.1, 0.15) is 34.4 Å². The molecule has 2 aromatic carbocycles. The van der Waals surface area contributed by atoms with Gasteiger partial charge in [0.2, 0.25) is 0 Å². The fraction of sp³-hybridized carbons (Fsp3) is 0.304. The molecule has 0 fully saturated rings. The van der Waals surface area contributed by atoms with E-state index in [1.807, 2.05) is 18.2 Å². The molecule has 1 atom stereocenters. The molecule has 6 heteroatoms. The van der Waals surface area contributed by atoms with Crippen LogP contribution >= 0.6 is 11.3 Å². The van der Waals surface area contributed by atoms with Gasteiger partial charge in [-0.2, -0.15) is 13.2 Å². The zero-order valence-electron chi connectivity index (χ0n) is 16.0. The number of benzene rings is 2. The number of hydrogen-bond donors (Lipinski definition) is 1. The summed E-state index contributed by atoms with van der Waals surface area (Å²) in [7, 11) is 0. The monoisotopic (exact) mass is 417 g/mol. The van der Waals surface area contributed by atoms with Crippen LogP contribution in [0.2, 0.25) is 0 Å². The Morgan fingerprint density at radius 1 is 1.07 bits per heavy atom. The maximum absolute atomic E-state index is 12.8. The molecular formula is C23H22F3NOS. The van der Waals surface area contributed by atoms with Crippen molar-refractivity contribution in [2.45, 2.75) is 32.0 Å². The Labute approximate surface area is 172 Å². The van der Waals surface area contributed by atoms with Gasteiger partial charge in [-0.05, 0) is 65.4 Å². The Morgan fingerprint density at radius 3 is 2.55 bits per heavy atom. The maximum atomic E-state index is 12.8. The van der Waals surface area contributed by atoms with Gasteiger partial charge in [0, 0.05) is 29.4 Å². The Bertz CT molecular complexity index is 994. The number of halogens is 3. The minimum atomic E-state index is -4.31. The smallest absolute Gasteiger partial charge is 0.416 e. The van der Waals surface area contributed by atoms with E-state index in [4.69, 9.17) is 0 Å². The third-order valence-corrected chi connectivity index (χ3v) is 6.55. The number of phenols is 1. The van der Waals surface area contributed by atoms with Crippen LogP contribution in [-0.4, -0.2) is 23.1 Å². The Kier molecular flexibility index (Phi) is 5.40. The molecule has 1 aromatic heterocycles. The topological polar surface area (TPSA) is 23.5 Å². The molecule has 1 unspecified atom stereocenters. The van der Waals surface area contributed by atoms with E-state index >= 15 is 0 Å². The summed E-state index contributed by atoms with van der Waals surface area (Å²) in [5.41, 5.74) is 2.68. The minimum Gasteiger partial charge on any atom is -0.508 e. The summed E-state index contributed by atoms with van der Waals surface area (Å²) in [6, 6.07) is 15.0. The molecule has 0 aliphatic carbocycles. The number of aromatic hydroxyl groups is 1. The average Bonchev–Trinajstić information content (AvgIpc) is 3.08. The van der Waals surface area contributed by atoms with Crippen LogP contribution < -0.4 is 0 Å². The zero-order valence-corrected chi connectivity index (χ0v) is 16.9. The van der Waals surface area contributed by atoms with Crippen molar-refractivity contribution in [2.24, 2.45) is 0 Å². The fourth-order valence-electron chi connectivity index (χ4n) is 3.93. The van der Waals surface area contributed by atoms with Crippen molar-refractivity contribution in [3.63, 3.8) is 0 Å². The Hall–Kier alpha value is -2.31. The largest absolute Gasteiger partial charge is 0.508 e. The van der Waals surface area contributed by atoms with Gasteiger partial charge in [-0.15, -0.1) is 11.3 Å². The highest BCUT2D eigenvalue weighted by Gasteiger charge is 2.30. The Balaban J connectivity index is 1.46. The first-order valence-corrected chi connectivity index (χ1v) is 10.4. The number of fused-ring (bicyclic) bond motifs is 1. The summed E-state index contributed by atoms with van der Waals surface area (Å²) in [5.74, 6) is 0.637. The highest BCUT2D eigenvalue weighted by atomic mass is 32.1. The molecule has 2 nitrogen and oxygen atoms in total. The molecule has 0 bridgehead atoms. The number of thiophene rings is 1. The highest BCUT2D eigenvalue weighted by Crippen LogP contribution is 2.34. The van der Waals surface area contributed by atoms with E-state index in [1.165, 1.54) is 28.1 Å². The second-order valence-corrected chi connectivity index (χ2v) is 8.78. The van der Waals surface area contributed by atoms with Crippen molar-refractivity contribution in [2.75, 3.05) is 13.1 Å². The lowest BCUT2D eigenvalue weighted by Crippen LogP contribution is -2.26. The molecular weight excluding hydrogens is 395 g/mol. The van der Waals surface area contributed by atoms with Gasteiger partial charge < -0.3 is 5.11 Å². The molecule has 0 saturated carbocycles. The zero-order chi connectivity index (χ0) is 20.6. The predicted octanol–water partition coefficient (Wildman–Crippen LogP) is 6.30. The first-order chi connectivity index (χ1) is 13.8. The van der Waals surface area contributed by atoms with E-state index in [9.17, 15) is 18.3 Å². The minimum absolute atomic E-state index is 0.309. The maximum Gasteiger partial charge on any atom is 0.416 e. The van der Waals surface area contributed by atoms with Gasteiger partial charge in [0.25, 0.3) is 0 Å². The predicted molar refractivity (Wildman–Crippen MR) is 110 cm³/mol. The summed E-state index contributed by atoms with van der Waals surface area (Å²) in [6.07, 6.45) is -3.37. The van der Waals surface area contributed by atoms with E-state index in [0.29, 0.717) is 11.7 Å². The lowest BCUT2D eigenvalue weighted by Gasteiger charge is -2.22. The standard InChI is InChI=1S/C23H22F3NOS/c1-15-13-27(11-10-16-4-7-19(28)12-21(15)16)14-20-8-9-22(29-20)17-2-5-18(6-3-17)23(24,25)26/h2-9,12,15,28H,10-11,13-14H2,1H3. The van der Waals surface area contributed by atoms with Crippen LogP contribution in [0.5, 0.6) is 5.75 Å². The van der Waals surface area contributed by atoms with Crippen LogP contribution in [0.15, 0.2) is 54.6 Å². The van der Waals surface area contributed by atoms with Crippen LogP contribution in [-0.2, 0) is 19.1 Å². The SMILES string of the molecule is CC1CN(Cc2ccc(-c3ccc(C(F)(F)F)cc3)s2)CCc2ccc(O)cc21. The summed E-state index contributed by atoms with van der Waals surface area (Å²) >= 11 is 1.62. The lowest BCUT2D eigenvalue weighted by molar-refractivity contribution is -0.137. The first-order valence-electron chi connectivity index (χ1n) is 9.60. The van der Waals surface area contributed by atoms with Crippen molar-refractivity contribution in [3.8, 4) is 16.2 Å². The van der Waals surface area contributed by atoms with Gasteiger partial charge >= 0.3 is 6.18 Å². The number of hydrogen-bond acceptors (Lipinski definition) is 3. The molecule has 1 aliphatic rings. The highest BCUT2D eigenvalue weighted by molar-refractivity contribution is 7.15. The number of nitrogens with zero attached hydrogens (tertiary/aromatic N) is 1. The van der Waals surface area contributed by atoms with Crippen molar-refractivity contribution < 1.29 is 18.3 Å². The van der Waals surface area contributed by atoms with E-state index in [-0.39, 0.29) is 0 Å². The molecule has 0 spiro atoms. The molecule has 0 amide bonds. The lowest BCUT2D eigenvalue weighted by atomic mass is 9.95. The van der Waals surface area contributed by atoms with E-state index in [0.717, 1.165) is 48.6 Å². The van der Waals surface area contributed by atoms with Crippen molar-refractivity contribution in [3.05, 3.63) is 76.2 Å². The van der Waals surface area contributed by atoms with E-state index in [2.05, 4.69) is 17.9 Å². The van der Waals surface area contributed by atoms with Crippen LogP contribution in [0.25, 0.3) is 10.4 Å². The summed E-state index contributed by atoms with van der Waals surface area (Å²) in [4.78, 5) is 4.58. The quantitative estimate of drug-likeness (QED) is 0.540.